The SMILES string of the molecule is CCCCCCCC.CCCCCCCC.CCCCCCCCCCCCCC(=O)O.CCCCCCCCCCCCCC(=O)O.[Sn]. The molecule has 0 aliphatic carbocycles. The van der Waals surface area contributed by atoms with Gasteiger partial charge in [-0.25, -0.2) is 0 Å². The Bertz CT molecular complexity index is 495. The van der Waals surface area contributed by atoms with Crippen LogP contribution >= 0.6 is 0 Å². The van der Waals surface area contributed by atoms with E-state index >= 15 is 0 Å². The first-order valence-electron chi connectivity index (χ1n) is 21.8. The number of hydrogen-bond acceptors (Lipinski definition) is 2. The van der Waals surface area contributed by atoms with Crippen LogP contribution < -0.4 is 0 Å². The molecule has 0 aromatic carbocycles. The van der Waals surface area contributed by atoms with Gasteiger partial charge in [-0.2, -0.15) is 0 Å². The molecule has 0 aliphatic heterocycles. The van der Waals surface area contributed by atoms with Crippen LogP contribution in [0.3, 0.4) is 0 Å². The summed E-state index contributed by atoms with van der Waals surface area (Å²) >= 11 is 0. The molecule has 0 unspecified atom stereocenters. The maximum Gasteiger partial charge on any atom is 0.303 e. The van der Waals surface area contributed by atoms with Gasteiger partial charge in [0.05, 0.1) is 0 Å². The molecule has 0 amide bonds. The van der Waals surface area contributed by atoms with Crippen molar-refractivity contribution >= 4 is 35.8 Å². The fourth-order valence-corrected chi connectivity index (χ4v) is 5.59. The molecule has 49 heavy (non-hydrogen) atoms. The Labute approximate surface area is 326 Å². The first kappa shape index (κ1) is 58.1. The number of rotatable bonds is 34. The van der Waals surface area contributed by atoms with Gasteiger partial charge in [-0.1, -0.05) is 247 Å². The van der Waals surface area contributed by atoms with Gasteiger partial charge in [0, 0.05) is 36.7 Å². The molecule has 0 saturated carbocycles. The summed E-state index contributed by atoms with van der Waals surface area (Å²) in [5.41, 5.74) is 0. The molecule has 0 aromatic rings. The Morgan fingerprint density at radius 1 is 0.265 bits per heavy atom. The van der Waals surface area contributed by atoms with Crippen molar-refractivity contribution in [3.63, 3.8) is 0 Å². The van der Waals surface area contributed by atoms with Crippen molar-refractivity contribution in [1.29, 1.82) is 0 Å². The van der Waals surface area contributed by atoms with Gasteiger partial charge >= 0.3 is 11.9 Å². The van der Waals surface area contributed by atoms with Crippen LogP contribution in [-0.4, -0.2) is 46.1 Å². The zero-order chi connectivity index (χ0) is 36.6. The summed E-state index contributed by atoms with van der Waals surface area (Å²) in [7, 11) is 0. The van der Waals surface area contributed by atoms with Gasteiger partial charge < -0.3 is 10.2 Å². The van der Waals surface area contributed by atoms with Crippen molar-refractivity contribution < 1.29 is 19.8 Å². The van der Waals surface area contributed by atoms with Gasteiger partial charge in [0.25, 0.3) is 0 Å². The van der Waals surface area contributed by atoms with Gasteiger partial charge in [-0.3, -0.25) is 9.59 Å². The molecule has 2 N–H and O–H groups in total. The van der Waals surface area contributed by atoms with Gasteiger partial charge in [0.1, 0.15) is 0 Å². The number of unbranched alkanes of at least 4 members (excludes halogenated alkanes) is 30. The molecule has 4 radical (unpaired) electrons. The Morgan fingerprint density at radius 2 is 0.388 bits per heavy atom. The predicted octanol–water partition coefficient (Wildman–Crippen LogP) is 15.9. The number of carboxylic acids is 2. The summed E-state index contributed by atoms with van der Waals surface area (Å²) in [5.74, 6) is -1.31. The quantitative estimate of drug-likeness (QED) is 0.0502. The predicted molar refractivity (Wildman–Crippen MR) is 221 cm³/mol. The van der Waals surface area contributed by atoms with Crippen LogP contribution in [0, 0.1) is 0 Å². The molecule has 0 rings (SSSR count). The van der Waals surface area contributed by atoms with E-state index in [9.17, 15) is 9.59 Å². The van der Waals surface area contributed by atoms with E-state index in [1.54, 1.807) is 0 Å². The van der Waals surface area contributed by atoms with E-state index in [2.05, 4.69) is 41.5 Å². The largest absolute Gasteiger partial charge is 0.481 e. The number of aliphatic carboxylic acids is 2. The summed E-state index contributed by atoms with van der Waals surface area (Å²) in [6.07, 6.45) is 45.7. The van der Waals surface area contributed by atoms with Crippen molar-refractivity contribution in [2.75, 3.05) is 0 Å². The van der Waals surface area contributed by atoms with Crippen LogP contribution in [0.4, 0.5) is 0 Å². The van der Waals surface area contributed by atoms with Gasteiger partial charge in [-0.05, 0) is 12.8 Å². The monoisotopic (exact) mass is 805 g/mol. The molecule has 0 spiro atoms. The van der Waals surface area contributed by atoms with Crippen LogP contribution in [0.5, 0.6) is 0 Å². The molecule has 0 atom stereocenters. The fourth-order valence-electron chi connectivity index (χ4n) is 5.59. The van der Waals surface area contributed by atoms with Gasteiger partial charge in [-0.15, -0.1) is 0 Å². The van der Waals surface area contributed by atoms with Crippen LogP contribution in [0.25, 0.3) is 0 Å². The van der Waals surface area contributed by atoms with E-state index < -0.39 is 11.9 Å². The normalized spacial score (nSPS) is 10.1. The van der Waals surface area contributed by atoms with E-state index in [1.165, 1.54) is 193 Å². The second kappa shape index (κ2) is 59.9. The maximum atomic E-state index is 10.3. The molecule has 0 aliphatic rings. The average molecular weight is 804 g/mol. The summed E-state index contributed by atoms with van der Waals surface area (Å²) in [5, 5.41) is 16.9. The van der Waals surface area contributed by atoms with Crippen LogP contribution in [0.15, 0.2) is 0 Å². The molecule has 0 fully saturated rings. The molecule has 5 heteroatoms. The fraction of sp³-hybridized carbons (Fsp3) is 0.955. The minimum Gasteiger partial charge on any atom is -0.481 e. The summed E-state index contributed by atoms with van der Waals surface area (Å²) in [6.45, 7) is 13.5. The molecule has 296 valence electrons. The van der Waals surface area contributed by atoms with Crippen LogP contribution in [0.2, 0.25) is 0 Å². The summed E-state index contributed by atoms with van der Waals surface area (Å²) in [6, 6.07) is 0. The molecular weight excluding hydrogens is 711 g/mol. The number of hydrogen-bond donors (Lipinski definition) is 2. The first-order chi connectivity index (χ1) is 23.4. The zero-order valence-electron chi connectivity index (χ0n) is 34.7. The molecule has 0 bridgehead atoms. The Morgan fingerprint density at radius 3 is 0.510 bits per heavy atom. The molecule has 0 saturated heterocycles. The molecule has 0 heterocycles. The van der Waals surface area contributed by atoms with Crippen molar-refractivity contribution in [2.45, 2.75) is 273 Å². The van der Waals surface area contributed by atoms with E-state index in [4.69, 9.17) is 10.2 Å². The van der Waals surface area contributed by atoms with E-state index in [1.807, 2.05) is 0 Å². The third-order valence-corrected chi connectivity index (χ3v) is 8.90. The maximum absolute atomic E-state index is 10.3. The Balaban J connectivity index is -0.000000183. The van der Waals surface area contributed by atoms with Gasteiger partial charge in [0.15, 0.2) is 0 Å². The molecular formula is C44H92O4Sn. The zero-order valence-corrected chi connectivity index (χ0v) is 37.5. The average Bonchev–Trinajstić information content (AvgIpc) is 3.07. The summed E-state index contributed by atoms with van der Waals surface area (Å²) in [4.78, 5) is 20.5. The third-order valence-electron chi connectivity index (χ3n) is 8.90. The Kier molecular flexibility index (Phi) is 70.9. The minimum atomic E-state index is -0.657. The van der Waals surface area contributed by atoms with Crippen LogP contribution in [0.1, 0.15) is 273 Å². The number of carbonyl (C=O) groups is 2. The van der Waals surface area contributed by atoms with E-state index in [-0.39, 0.29) is 23.9 Å². The second-order valence-corrected chi connectivity index (χ2v) is 14.2. The van der Waals surface area contributed by atoms with Crippen LogP contribution in [-0.2, 0) is 9.59 Å². The molecule has 4 nitrogen and oxygen atoms in total. The third kappa shape index (κ3) is 78.2. The topological polar surface area (TPSA) is 74.6 Å². The van der Waals surface area contributed by atoms with Crippen molar-refractivity contribution in [3.05, 3.63) is 0 Å². The van der Waals surface area contributed by atoms with Gasteiger partial charge in [0.2, 0.25) is 0 Å². The first-order valence-corrected chi connectivity index (χ1v) is 21.8. The Hall–Kier alpha value is -0.261. The smallest absolute Gasteiger partial charge is 0.303 e. The van der Waals surface area contributed by atoms with E-state index in [0.29, 0.717) is 12.8 Å². The standard InChI is InChI=1S/2C14H28O2.2C8H18.Sn/c2*1-2-3-4-5-6-7-8-9-10-11-12-13-14(15)16;2*1-3-5-7-8-6-4-2;/h2*2-13H2,1H3,(H,15,16);2*3-8H2,1-2H3;. The number of carboxylic acid groups (broad SMARTS) is 2. The summed E-state index contributed by atoms with van der Waals surface area (Å²) < 4.78 is 0. The minimum absolute atomic E-state index is 0. The van der Waals surface area contributed by atoms with Crippen molar-refractivity contribution in [2.24, 2.45) is 0 Å². The van der Waals surface area contributed by atoms with E-state index in [0.717, 1.165) is 25.7 Å². The second-order valence-electron chi connectivity index (χ2n) is 14.2. The molecule has 0 aromatic heterocycles. The van der Waals surface area contributed by atoms with Crippen molar-refractivity contribution in [3.8, 4) is 0 Å². The van der Waals surface area contributed by atoms with Crippen molar-refractivity contribution in [1.82, 2.24) is 0 Å².